The number of hydrogen-bond donors (Lipinski definition) is 1. The van der Waals surface area contributed by atoms with Gasteiger partial charge in [-0.25, -0.2) is 9.97 Å². The van der Waals surface area contributed by atoms with Crippen LogP contribution in [0.15, 0.2) is 30.7 Å². The Morgan fingerprint density at radius 3 is 2.25 bits per heavy atom. The van der Waals surface area contributed by atoms with Crippen LogP contribution in [0.25, 0.3) is 11.4 Å². The maximum atomic E-state index is 9.41. The number of nitrogens with two attached hydrogens (primary N) is 1. The Bertz CT molecular complexity index is 625. The van der Waals surface area contributed by atoms with Crippen LogP contribution in [0.1, 0.15) is 26.3 Å². The van der Waals surface area contributed by atoms with E-state index in [1.54, 1.807) is 12.4 Å². The number of nitrogens with zero attached hydrogens (tertiary/aromatic N) is 4. The maximum Gasteiger partial charge on any atom is 0.141 e. The first-order chi connectivity index (χ1) is 9.47. The number of nitrogen functional groups attached to an aromatic ring is 1. The van der Waals surface area contributed by atoms with Crippen LogP contribution in [0.4, 0.5) is 5.82 Å². The molecule has 0 aliphatic heterocycles. The fourth-order valence-electron chi connectivity index (χ4n) is 1.85. The summed E-state index contributed by atoms with van der Waals surface area (Å²) in [6.45, 7) is 5.99. The molecule has 0 aliphatic carbocycles. The Balaban J connectivity index is 2.36. The van der Waals surface area contributed by atoms with E-state index in [1.807, 2.05) is 32.9 Å². The molecule has 5 nitrogen and oxygen atoms in total. The average Bonchev–Trinajstić information content (AvgIpc) is 2.47. The van der Waals surface area contributed by atoms with Crippen molar-refractivity contribution >= 4 is 5.82 Å². The van der Waals surface area contributed by atoms with Crippen molar-refractivity contribution in [1.82, 2.24) is 15.0 Å². The molecular formula is C15H17N5. The van der Waals surface area contributed by atoms with E-state index in [2.05, 4.69) is 21.0 Å². The van der Waals surface area contributed by atoms with E-state index in [4.69, 9.17) is 5.73 Å². The van der Waals surface area contributed by atoms with Crippen LogP contribution >= 0.6 is 0 Å². The minimum atomic E-state index is -0.543. The van der Waals surface area contributed by atoms with Crippen LogP contribution in [-0.4, -0.2) is 15.0 Å². The third-order valence-electron chi connectivity index (χ3n) is 3.68. The van der Waals surface area contributed by atoms with Crippen molar-refractivity contribution < 1.29 is 0 Å². The van der Waals surface area contributed by atoms with Crippen molar-refractivity contribution in [1.29, 1.82) is 5.26 Å². The van der Waals surface area contributed by atoms with E-state index in [-0.39, 0.29) is 5.92 Å². The molecule has 2 N–H and O–H groups in total. The molecule has 0 radical (unpaired) electrons. The van der Waals surface area contributed by atoms with Gasteiger partial charge in [0.1, 0.15) is 11.5 Å². The maximum absolute atomic E-state index is 9.41. The van der Waals surface area contributed by atoms with E-state index in [1.165, 1.54) is 6.20 Å². The highest BCUT2D eigenvalue weighted by Crippen LogP contribution is 2.31. The first-order valence-electron chi connectivity index (χ1n) is 6.43. The summed E-state index contributed by atoms with van der Waals surface area (Å²) >= 11 is 0. The van der Waals surface area contributed by atoms with E-state index in [0.717, 1.165) is 5.56 Å². The van der Waals surface area contributed by atoms with Crippen molar-refractivity contribution in [3.8, 4) is 17.5 Å². The molecule has 20 heavy (non-hydrogen) atoms. The summed E-state index contributed by atoms with van der Waals surface area (Å²) in [5.41, 5.74) is 7.24. The van der Waals surface area contributed by atoms with Gasteiger partial charge in [-0.15, -0.1) is 0 Å². The molecule has 0 bridgehead atoms. The quantitative estimate of drug-likeness (QED) is 0.923. The van der Waals surface area contributed by atoms with Gasteiger partial charge in [0, 0.05) is 6.20 Å². The largest absolute Gasteiger partial charge is 0.382 e. The Morgan fingerprint density at radius 2 is 1.80 bits per heavy atom. The topological polar surface area (TPSA) is 88.5 Å². The lowest BCUT2D eigenvalue weighted by Gasteiger charge is -2.26. The molecule has 0 amide bonds. The number of rotatable bonds is 3. The molecule has 2 heterocycles. The molecule has 5 heteroatoms. The summed E-state index contributed by atoms with van der Waals surface area (Å²) in [6, 6.07) is 6.15. The normalized spacial score (nSPS) is 13.8. The summed E-state index contributed by atoms with van der Waals surface area (Å²) in [5.74, 6) is 0.582. The van der Waals surface area contributed by atoms with Crippen molar-refractivity contribution in [3.63, 3.8) is 0 Å². The molecule has 0 aliphatic rings. The second-order valence-corrected chi connectivity index (χ2v) is 5.23. The van der Waals surface area contributed by atoms with Gasteiger partial charge in [0.15, 0.2) is 0 Å². The standard InChI is InChI=1S/C15H17N5/c1-10(2)15(3,9-16)11-4-5-12(18-6-11)13-7-20-14(17)8-19-13/h4-8,10H,1-3H3,(H2,17,20)/t15-/m1/s1. The van der Waals surface area contributed by atoms with Crippen molar-refractivity contribution in [2.24, 2.45) is 5.92 Å². The van der Waals surface area contributed by atoms with Crippen LogP contribution in [0.5, 0.6) is 0 Å². The number of anilines is 1. The summed E-state index contributed by atoms with van der Waals surface area (Å²) < 4.78 is 0. The molecule has 0 saturated carbocycles. The monoisotopic (exact) mass is 267 g/mol. The minimum Gasteiger partial charge on any atom is -0.382 e. The molecule has 2 aromatic rings. The highest BCUT2D eigenvalue weighted by atomic mass is 14.9. The lowest BCUT2D eigenvalue weighted by molar-refractivity contribution is 0.430. The third-order valence-corrected chi connectivity index (χ3v) is 3.68. The van der Waals surface area contributed by atoms with Gasteiger partial charge >= 0.3 is 0 Å². The predicted molar refractivity (Wildman–Crippen MR) is 77.5 cm³/mol. The zero-order valence-electron chi connectivity index (χ0n) is 11.8. The lowest BCUT2D eigenvalue weighted by Crippen LogP contribution is -2.26. The van der Waals surface area contributed by atoms with Crippen LogP contribution in [0.3, 0.4) is 0 Å². The van der Waals surface area contributed by atoms with Crippen molar-refractivity contribution in [2.45, 2.75) is 26.2 Å². The van der Waals surface area contributed by atoms with E-state index in [0.29, 0.717) is 17.2 Å². The number of nitriles is 1. The predicted octanol–water partition coefficient (Wildman–Crippen LogP) is 2.56. The molecule has 0 fully saturated rings. The summed E-state index contributed by atoms with van der Waals surface area (Å²) in [6.07, 6.45) is 4.82. The molecular weight excluding hydrogens is 250 g/mol. The molecule has 0 unspecified atom stereocenters. The molecule has 2 rings (SSSR count). The average molecular weight is 267 g/mol. The van der Waals surface area contributed by atoms with Gasteiger partial charge in [0.25, 0.3) is 0 Å². The SMILES string of the molecule is CC(C)[C@@](C)(C#N)c1ccc(-c2cnc(N)cn2)nc1. The van der Waals surface area contributed by atoms with Crippen molar-refractivity contribution in [2.75, 3.05) is 5.73 Å². The van der Waals surface area contributed by atoms with E-state index in [9.17, 15) is 5.26 Å². The second-order valence-electron chi connectivity index (χ2n) is 5.23. The molecule has 102 valence electrons. The van der Waals surface area contributed by atoms with Gasteiger partial charge in [0.2, 0.25) is 0 Å². The highest BCUT2D eigenvalue weighted by molar-refractivity contribution is 5.54. The number of aromatic nitrogens is 3. The fraction of sp³-hybridized carbons (Fsp3) is 0.333. The molecule has 2 aromatic heterocycles. The number of hydrogen-bond acceptors (Lipinski definition) is 5. The summed E-state index contributed by atoms with van der Waals surface area (Å²) in [4.78, 5) is 12.6. The van der Waals surface area contributed by atoms with E-state index < -0.39 is 5.41 Å². The zero-order valence-corrected chi connectivity index (χ0v) is 11.8. The summed E-state index contributed by atoms with van der Waals surface area (Å²) in [5, 5.41) is 9.41. The van der Waals surface area contributed by atoms with Crippen LogP contribution < -0.4 is 5.73 Å². The Hall–Kier alpha value is -2.48. The second kappa shape index (κ2) is 5.25. The summed E-state index contributed by atoms with van der Waals surface area (Å²) in [7, 11) is 0. The smallest absolute Gasteiger partial charge is 0.141 e. The third kappa shape index (κ3) is 2.45. The Kier molecular flexibility index (Phi) is 3.66. The van der Waals surface area contributed by atoms with E-state index >= 15 is 0 Å². The fourth-order valence-corrected chi connectivity index (χ4v) is 1.85. The van der Waals surface area contributed by atoms with Gasteiger partial charge in [-0.1, -0.05) is 19.9 Å². The van der Waals surface area contributed by atoms with Crippen LogP contribution in [-0.2, 0) is 5.41 Å². The first-order valence-corrected chi connectivity index (χ1v) is 6.43. The Labute approximate surface area is 118 Å². The van der Waals surface area contributed by atoms with Gasteiger partial charge in [-0.3, -0.25) is 4.98 Å². The number of pyridine rings is 1. The molecule has 0 spiro atoms. The molecule has 0 aromatic carbocycles. The van der Waals surface area contributed by atoms with Crippen LogP contribution in [0, 0.1) is 17.2 Å². The minimum absolute atomic E-state index is 0.205. The molecule has 1 atom stereocenters. The lowest BCUT2D eigenvalue weighted by atomic mass is 9.75. The van der Waals surface area contributed by atoms with Gasteiger partial charge in [-0.2, -0.15) is 5.26 Å². The Morgan fingerprint density at radius 1 is 1.10 bits per heavy atom. The zero-order chi connectivity index (χ0) is 14.8. The van der Waals surface area contributed by atoms with Gasteiger partial charge in [-0.05, 0) is 24.5 Å². The first kappa shape index (κ1) is 13.9. The van der Waals surface area contributed by atoms with Crippen molar-refractivity contribution in [3.05, 3.63) is 36.3 Å². The van der Waals surface area contributed by atoms with Gasteiger partial charge < -0.3 is 5.73 Å². The van der Waals surface area contributed by atoms with Crippen LogP contribution in [0.2, 0.25) is 0 Å². The highest BCUT2D eigenvalue weighted by Gasteiger charge is 2.30. The molecule has 0 saturated heterocycles. The van der Waals surface area contributed by atoms with Gasteiger partial charge in [0.05, 0.1) is 29.6 Å².